The Hall–Kier alpha value is -2.67. The monoisotopic (exact) mass is 358 g/mol. The zero-order valence-corrected chi connectivity index (χ0v) is 15.0. The summed E-state index contributed by atoms with van der Waals surface area (Å²) < 4.78 is 15.7. The van der Waals surface area contributed by atoms with Crippen molar-refractivity contribution in [2.75, 3.05) is 24.5 Å². The molecule has 0 saturated carbocycles. The van der Waals surface area contributed by atoms with Gasteiger partial charge in [-0.15, -0.1) is 0 Å². The average Bonchev–Trinajstić information content (AvgIpc) is 3.09. The van der Waals surface area contributed by atoms with Crippen LogP contribution >= 0.6 is 0 Å². The number of hydrogen-bond donors (Lipinski definition) is 1. The molecule has 6 nitrogen and oxygen atoms in total. The zero-order valence-electron chi connectivity index (χ0n) is 15.0. The minimum absolute atomic E-state index is 0.244. The largest absolute Gasteiger partial charge is 0.356 e. The first-order valence-electron chi connectivity index (χ1n) is 8.63. The second-order valence-corrected chi connectivity index (χ2v) is 6.54. The average molecular weight is 358 g/mol. The number of rotatable bonds is 5. The molecule has 0 bridgehead atoms. The number of aromatic nitrogens is 2. The lowest BCUT2D eigenvalue weighted by Crippen LogP contribution is -2.40. The van der Waals surface area contributed by atoms with Crippen molar-refractivity contribution in [3.63, 3.8) is 0 Å². The Morgan fingerprint density at radius 2 is 2.04 bits per heavy atom. The quantitative estimate of drug-likeness (QED) is 0.870. The van der Waals surface area contributed by atoms with Gasteiger partial charge in [0.2, 0.25) is 0 Å². The Bertz CT molecular complexity index is 932. The number of benzene rings is 1. The maximum absolute atomic E-state index is 13.1. The molecule has 0 radical (unpaired) electrons. The van der Waals surface area contributed by atoms with Gasteiger partial charge in [-0.05, 0) is 24.1 Å². The van der Waals surface area contributed by atoms with Crippen molar-refractivity contribution >= 4 is 11.9 Å². The van der Waals surface area contributed by atoms with Crippen LogP contribution in [0.5, 0.6) is 0 Å². The number of nitrogens with one attached hydrogen (secondary N) is 1. The Morgan fingerprint density at radius 1 is 1.23 bits per heavy atom. The van der Waals surface area contributed by atoms with Gasteiger partial charge in [-0.2, -0.15) is 0 Å². The Balaban J connectivity index is 1.58. The third-order valence-electron chi connectivity index (χ3n) is 4.70. The van der Waals surface area contributed by atoms with Crippen molar-refractivity contribution in [1.29, 1.82) is 0 Å². The highest BCUT2D eigenvalue weighted by atomic mass is 19.1. The molecule has 1 aromatic carbocycles. The number of halogens is 1. The van der Waals surface area contributed by atoms with Crippen LogP contribution in [0.15, 0.2) is 46.0 Å². The van der Waals surface area contributed by atoms with E-state index >= 15 is 0 Å². The molecule has 1 aliphatic heterocycles. The van der Waals surface area contributed by atoms with Crippen LogP contribution < -0.4 is 21.5 Å². The van der Waals surface area contributed by atoms with Crippen LogP contribution in [0.4, 0.5) is 10.2 Å². The van der Waals surface area contributed by atoms with Gasteiger partial charge in [0.15, 0.2) is 0 Å². The van der Waals surface area contributed by atoms with Crippen molar-refractivity contribution in [1.82, 2.24) is 14.5 Å². The normalized spacial score (nSPS) is 17.3. The summed E-state index contributed by atoms with van der Waals surface area (Å²) in [6.45, 7) is 2.19. The van der Waals surface area contributed by atoms with Crippen LogP contribution in [0.3, 0.4) is 0 Å². The summed E-state index contributed by atoms with van der Waals surface area (Å²) in [7, 11) is 3.16. The van der Waals surface area contributed by atoms with Crippen LogP contribution in [0.1, 0.15) is 12.0 Å². The molecule has 1 atom stereocenters. The molecule has 1 N–H and O–H groups in total. The van der Waals surface area contributed by atoms with E-state index in [2.05, 4.69) is 10.2 Å². The van der Waals surface area contributed by atoms with E-state index in [-0.39, 0.29) is 23.1 Å². The van der Waals surface area contributed by atoms with Crippen molar-refractivity contribution in [3.05, 3.63) is 68.6 Å². The van der Waals surface area contributed by atoms with Crippen molar-refractivity contribution in [2.24, 2.45) is 14.1 Å². The van der Waals surface area contributed by atoms with Crippen LogP contribution in [0.2, 0.25) is 0 Å². The third kappa shape index (κ3) is 3.94. The first kappa shape index (κ1) is 18.1. The molecule has 138 valence electrons. The van der Waals surface area contributed by atoms with Gasteiger partial charge in [0.25, 0.3) is 5.56 Å². The minimum atomic E-state index is -0.318. The molecule has 2 heterocycles. The van der Waals surface area contributed by atoms with E-state index in [0.29, 0.717) is 12.4 Å². The second kappa shape index (κ2) is 7.70. The fraction of sp³-hybridized carbons (Fsp3) is 0.368. The molecule has 1 aliphatic rings. The van der Waals surface area contributed by atoms with Crippen LogP contribution in [-0.4, -0.2) is 34.8 Å². The molecule has 0 aliphatic carbocycles. The molecule has 7 heteroatoms. The lowest BCUT2D eigenvalue weighted by molar-refractivity contribution is 0.586. The van der Waals surface area contributed by atoms with Gasteiger partial charge in [0, 0.05) is 45.8 Å². The Morgan fingerprint density at radius 3 is 2.81 bits per heavy atom. The van der Waals surface area contributed by atoms with Gasteiger partial charge < -0.3 is 10.2 Å². The van der Waals surface area contributed by atoms with Crippen molar-refractivity contribution < 1.29 is 4.39 Å². The molecule has 3 rings (SSSR count). The van der Waals surface area contributed by atoms with Crippen molar-refractivity contribution in [2.45, 2.75) is 12.5 Å². The number of anilines is 1. The summed E-state index contributed by atoms with van der Waals surface area (Å²) in [5, 5.41) is 3.43. The van der Waals surface area contributed by atoms with Gasteiger partial charge in [0.05, 0.1) is 0 Å². The van der Waals surface area contributed by atoms with E-state index < -0.39 is 0 Å². The molecule has 2 aromatic rings. The summed E-state index contributed by atoms with van der Waals surface area (Å²) in [4.78, 5) is 26.0. The summed E-state index contributed by atoms with van der Waals surface area (Å²) >= 11 is 0. The fourth-order valence-electron chi connectivity index (χ4n) is 3.20. The summed E-state index contributed by atoms with van der Waals surface area (Å²) in [6.07, 6.45) is 4.77. The second-order valence-electron chi connectivity index (χ2n) is 6.54. The van der Waals surface area contributed by atoms with E-state index in [1.807, 2.05) is 18.2 Å². The standard InChI is InChI=1S/C19H23FN4O2/c1-22-17(12-18(25)23(2)19(22)26)24-10-8-16(13-24)21-9-4-6-14-5-3-7-15(20)11-14/h3-7,11-12,16,21H,8-10,13H2,1-2H3/b6-4+/t16-/m0/s1. The molecule has 0 amide bonds. The van der Waals surface area contributed by atoms with Crippen LogP contribution in [0.25, 0.3) is 6.08 Å². The van der Waals surface area contributed by atoms with Crippen LogP contribution in [0, 0.1) is 5.82 Å². The lowest BCUT2D eigenvalue weighted by Gasteiger charge is -2.21. The molecule has 1 fully saturated rings. The van der Waals surface area contributed by atoms with Gasteiger partial charge >= 0.3 is 5.69 Å². The highest BCUT2D eigenvalue weighted by Crippen LogP contribution is 2.17. The van der Waals surface area contributed by atoms with Gasteiger partial charge in [-0.1, -0.05) is 24.3 Å². The summed E-state index contributed by atoms with van der Waals surface area (Å²) in [5.41, 5.74) is 0.217. The van der Waals surface area contributed by atoms with Crippen molar-refractivity contribution in [3.8, 4) is 0 Å². The van der Waals surface area contributed by atoms with E-state index in [9.17, 15) is 14.0 Å². The maximum Gasteiger partial charge on any atom is 0.332 e. The first-order chi connectivity index (χ1) is 12.5. The molecule has 1 aromatic heterocycles. The molecular weight excluding hydrogens is 335 g/mol. The lowest BCUT2D eigenvalue weighted by atomic mass is 10.2. The topological polar surface area (TPSA) is 59.3 Å². The summed E-state index contributed by atoms with van der Waals surface area (Å²) in [6, 6.07) is 8.23. The molecular formula is C19H23FN4O2. The maximum atomic E-state index is 13.1. The fourth-order valence-corrected chi connectivity index (χ4v) is 3.20. The van der Waals surface area contributed by atoms with Gasteiger partial charge in [0.1, 0.15) is 11.6 Å². The van der Waals surface area contributed by atoms with Gasteiger partial charge in [-0.25, -0.2) is 9.18 Å². The zero-order chi connectivity index (χ0) is 18.7. The van der Waals surface area contributed by atoms with Crippen LogP contribution in [-0.2, 0) is 14.1 Å². The van der Waals surface area contributed by atoms with E-state index in [0.717, 1.165) is 29.6 Å². The van der Waals surface area contributed by atoms with E-state index in [1.54, 1.807) is 13.1 Å². The number of hydrogen-bond acceptors (Lipinski definition) is 4. The Kier molecular flexibility index (Phi) is 5.37. The smallest absolute Gasteiger partial charge is 0.332 e. The molecule has 26 heavy (non-hydrogen) atoms. The first-order valence-corrected chi connectivity index (χ1v) is 8.63. The minimum Gasteiger partial charge on any atom is -0.356 e. The molecule has 0 spiro atoms. The molecule has 1 saturated heterocycles. The number of nitrogens with zero attached hydrogens (tertiary/aromatic N) is 3. The van der Waals surface area contributed by atoms with E-state index in [1.165, 1.54) is 29.8 Å². The summed E-state index contributed by atoms with van der Waals surface area (Å²) in [5.74, 6) is 0.406. The highest BCUT2D eigenvalue weighted by Gasteiger charge is 2.24. The predicted molar refractivity (Wildman–Crippen MR) is 101 cm³/mol. The third-order valence-corrected chi connectivity index (χ3v) is 4.70. The van der Waals surface area contributed by atoms with E-state index in [4.69, 9.17) is 0 Å². The predicted octanol–water partition coefficient (Wildman–Crippen LogP) is 1.10. The highest BCUT2D eigenvalue weighted by molar-refractivity contribution is 5.49. The molecule has 0 unspecified atom stereocenters. The SMILES string of the molecule is Cn1c(N2CC[C@H](NC/C=C/c3cccc(F)c3)C2)cc(=O)n(C)c1=O. The Labute approximate surface area is 151 Å². The van der Waals surface area contributed by atoms with Gasteiger partial charge in [-0.3, -0.25) is 13.9 Å².